The second-order valence-electron chi connectivity index (χ2n) is 8.42. The van der Waals surface area contributed by atoms with Crippen molar-refractivity contribution in [3.8, 4) is 0 Å². The first-order chi connectivity index (χ1) is 13.7. The fourth-order valence-electron chi connectivity index (χ4n) is 4.24. The van der Waals surface area contributed by atoms with Crippen LogP contribution < -0.4 is 0 Å². The highest BCUT2D eigenvalue weighted by Gasteiger charge is 2.45. The molecule has 2 saturated heterocycles. The first kappa shape index (κ1) is 22.4. The largest absolute Gasteiger partial charge is 0.461 e. The van der Waals surface area contributed by atoms with Gasteiger partial charge in [0.05, 0.1) is 18.6 Å². The normalized spacial score (nSPS) is 47.4. The molecule has 0 amide bonds. The second-order valence-corrected chi connectivity index (χ2v) is 8.42. The quantitative estimate of drug-likeness (QED) is 0.388. The maximum Gasteiger partial charge on any atom is 0.309 e. The van der Waals surface area contributed by atoms with Gasteiger partial charge in [-0.3, -0.25) is 4.79 Å². The topological polar surface area (TPSA) is 126 Å². The molecule has 2 aliphatic heterocycles. The molecule has 0 aromatic carbocycles. The van der Waals surface area contributed by atoms with Gasteiger partial charge in [-0.25, -0.2) is 0 Å². The molecular weight excluding hydrogens is 380 g/mol. The van der Waals surface area contributed by atoms with Crippen LogP contribution in [0.3, 0.4) is 0 Å². The molecule has 4 N–H and O–H groups in total. The number of allylic oxidation sites excluding steroid dienone is 1. The van der Waals surface area contributed by atoms with Crippen LogP contribution >= 0.6 is 0 Å². The Morgan fingerprint density at radius 1 is 1.10 bits per heavy atom. The Bertz CT molecular complexity index is 657. The minimum Gasteiger partial charge on any atom is -0.461 e. The van der Waals surface area contributed by atoms with E-state index in [0.29, 0.717) is 19.3 Å². The number of aliphatic hydroxyl groups is 4. The summed E-state index contributed by atoms with van der Waals surface area (Å²) in [6.07, 6.45) is -1.17. The third-order valence-corrected chi connectivity index (χ3v) is 6.33. The summed E-state index contributed by atoms with van der Waals surface area (Å²) in [4.78, 5) is 12.0. The molecule has 0 bridgehead atoms. The zero-order chi connectivity index (χ0) is 21.3. The molecule has 0 spiro atoms. The lowest BCUT2D eigenvalue weighted by molar-refractivity contribution is -0.308. The van der Waals surface area contributed by atoms with Crippen molar-refractivity contribution in [3.63, 3.8) is 0 Å². The zero-order valence-corrected chi connectivity index (χ0v) is 17.1. The average Bonchev–Trinajstić information content (AvgIpc) is 2.95. The van der Waals surface area contributed by atoms with Gasteiger partial charge >= 0.3 is 5.97 Å². The van der Waals surface area contributed by atoms with Crippen LogP contribution in [0.1, 0.15) is 40.0 Å². The van der Waals surface area contributed by atoms with E-state index in [1.165, 1.54) is 0 Å². The lowest BCUT2D eigenvalue weighted by Crippen LogP contribution is -2.59. The van der Waals surface area contributed by atoms with Crippen molar-refractivity contribution < 1.29 is 39.4 Å². The Balaban J connectivity index is 1.77. The highest BCUT2D eigenvalue weighted by atomic mass is 16.7. The van der Waals surface area contributed by atoms with Crippen LogP contribution in [0.2, 0.25) is 0 Å². The SMILES string of the molecule is C/C1=C\C[C@H](O[C@H]2O[C@H](CO)[C@@H](O)[C@H](O)[C@H]2O)/C(C)=C/C[C@@H]2[C@H](C1)OC(=O)[C@@H]2C. The number of ether oxygens (including phenoxy) is 3. The van der Waals surface area contributed by atoms with Crippen LogP contribution in [-0.2, 0) is 19.0 Å². The number of carbonyl (C=O) groups excluding carboxylic acids is 1. The van der Waals surface area contributed by atoms with E-state index in [4.69, 9.17) is 14.2 Å². The van der Waals surface area contributed by atoms with Crippen LogP contribution in [0, 0.1) is 11.8 Å². The van der Waals surface area contributed by atoms with Crippen molar-refractivity contribution in [1.82, 2.24) is 0 Å². The predicted octanol–water partition coefficient (Wildman–Crippen LogP) is 0.426. The fourth-order valence-corrected chi connectivity index (χ4v) is 4.24. The Hall–Kier alpha value is -1.29. The fraction of sp³-hybridized carbons (Fsp3) is 0.762. The molecule has 8 heteroatoms. The molecule has 0 radical (unpaired) electrons. The zero-order valence-electron chi connectivity index (χ0n) is 17.1. The van der Waals surface area contributed by atoms with Gasteiger partial charge in [0, 0.05) is 12.3 Å². The third-order valence-electron chi connectivity index (χ3n) is 6.33. The minimum absolute atomic E-state index is 0.0896. The lowest BCUT2D eigenvalue weighted by Gasteiger charge is -2.41. The molecular formula is C21H32O8. The van der Waals surface area contributed by atoms with Gasteiger partial charge < -0.3 is 34.6 Å². The molecule has 0 unspecified atom stereocenters. The first-order valence-corrected chi connectivity index (χ1v) is 10.2. The van der Waals surface area contributed by atoms with Gasteiger partial charge in [-0.15, -0.1) is 0 Å². The van der Waals surface area contributed by atoms with E-state index in [9.17, 15) is 25.2 Å². The number of rotatable bonds is 3. The summed E-state index contributed by atoms with van der Waals surface area (Å²) in [5.74, 6) is -0.236. The number of fused-ring (bicyclic) bond motifs is 1. The maximum absolute atomic E-state index is 12.0. The summed E-state index contributed by atoms with van der Waals surface area (Å²) in [6, 6.07) is 0. The molecule has 0 aromatic heterocycles. The minimum atomic E-state index is -1.48. The molecule has 1 aliphatic carbocycles. The van der Waals surface area contributed by atoms with Crippen LogP contribution in [0.4, 0.5) is 0 Å². The lowest BCUT2D eigenvalue weighted by atomic mass is 9.84. The van der Waals surface area contributed by atoms with Gasteiger partial charge in [-0.1, -0.05) is 24.6 Å². The summed E-state index contributed by atoms with van der Waals surface area (Å²) in [6.45, 7) is 5.29. The summed E-state index contributed by atoms with van der Waals surface area (Å²) < 4.78 is 17.0. The van der Waals surface area contributed by atoms with Crippen molar-refractivity contribution in [2.45, 2.75) is 82.9 Å². The molecule has 2 fully saturated rings. The van der Waals surface area contributed by atoms with Crippen LogP contribution in [-0.4, -0.2) is 75.9 Å². The number of hydrogen-bond donors (Lipinski definition) is 4. The molecule has 2 heterocycles. The Labute approximate surface area is 170 Å². The van der Waals surface area contributed by atoms with Gasteiger partial charge in [0.2, 0.25) is 0 Å². The van der Waals surface area contributed by atoms with E-state index in [1.807, 2.05) is 32.9 Å². The molecule has 9 atom stereocenters. The van der Waals surface area contributed by atoms with Gasteiger partial charge in [0.1, 0.15) is 30.5 Å². The van der Waals surface area contributed by atoms with Gasteiger partial charge in [0.15, 0.2) is 6.29 Å². The van der Waals surface area contributed by atoms with Crippen LogP contribution in [0.15, 0.2) is 23.3 Å². The molecule has 29 heavy (non-hydrogen) atoms. The van der Waals surface area contributed by atoms with Crippen LogP contribution in [0.5, 0.6) is 0 Å². The van der Waals surface area contributed by atoms with E-state index in [1.54, 1.807) is 0 Å². The highest BCUT2D eigenvalue weighted by Crippen LogP contribution is 2.36. The molecule has 3 aliphatic rings. The third kappa shape index (κ3) is 4.73. The number of carbonyl (C=O) groups is 1. The second kappa shape index (κ2) is 9.24. The van der Waals surface area contributed by atoms with Crippen molar-refractivity contribution in [1.29, 1.82) is 0 Å². The molecule has 164 valence electrons. The van der Waals surface area contributed by atoms with Crippen molar-refractivity contribution in [3.05, 3.63) is 23.3 Å². The highest BCUT2D eigenvalue weighted by molar-refractivity contribution is 5.74. The summed E-state index contributed by atoms with van der Waals surface area (Å²) in [5.41, 5.74) is 2.00. The predicted molar refractivity (Wildman–Crippen MR) is 103 cm³/mol. The van der Waals surface area contributed by atoms with Gasteiger partial charge in [0.25, 0.3) is 0 Å². The summed E-state index contributed by atoms with van der Waals surface area (Å²) in [7, 11) is 0. The first-order valence-electron chi connectivity index (χ1n) is 10.2. The van der Waals surface area contributed by atoms with E-state index in [2.05, 4.69) is 0 Å². The Morgan fingerprint density at radius 2 is 1.83 bits per heavy atom. The number of hydrogen-bond acceptors (Lipinski definition) is 8. The van der Waals surface area contributed by atoms with Crippen molar-refractivity contribution >= 4 is 5.97 Å². The van der Waals surface area contributed by atoms with Crippen molar-refractivity contribution in [2.75, 3.05) is 6.61 Å². The molecule has 3 rings (SSSR count). The number of aliphatic hydroxyl groups excluding tert-OH is 4. The van der Waals surface area contributed by atoms with Gasteiger partial charge in [-0.2, -0.15) is 0 Å². The average molecular weight is 412 g/mol. The van der Waals surface area contributed by atoms with E-state index >= 15 is 0 Å². The Morgan fingerprint density at radius 3 is 2.52 bits per heavy atom. The van der Waals surface area contributed by atoms with E-state index in [-0.39, 0.29) is 23.9 Å². The van der Waals surface area contributed by atoms with Crippen LogP contribution in [0.25, 0.3) is 0 Å². The van der Waals surface area contributed by atoms with E-state index in [0.717, 1.165) is 11.1 Å². The molecule has 0 aromatic rings. The monoisotopic (exact) mass is 412 g/mol. The molecule has 0 saturated carbocycles. The molecule has 8 nitrogen and oxygen atoms in total. The van der Waals surface area contributed by atoms with E-state index < -0.39 is 43.4 Å². The smallest absolute Gasteiger partial charge is 0.309 e. The van der Waals surface area contributed by atoms with Gasteiger partial charge in [-0.05, 0) is 32.3 Å². The number of esters is 1. The maximum atomic E-state index is 12.0. The Kier molecular flexibility index (Phi) is 7.14. The van der Waals surface area contributed by atoms with Crippen molar-refractivity contribution in [2.24, 2.45) is 11.8 Å². The summed E-state index contributed by atoms with van der Waals surface area (Å²) in [5, 5.41) is 39.6. The standard InChI is InChI=1S/C21H32O8/c1-10-4-7-14(28-21-19(25)18(24)17(23)16(9-22)29-21)11(2)5-6-13-12(3)20(26)27-15(13)8-10/h4-5,12-19,21-25H,6-9H2,1-3H3/b10-4+,11-5+/t12-,13+,14+,15+,16-,17-,18+,19-,21+/m1/s1. The summed E-state index contributed by atoms with van der Waals surface area (Å²) >= 11 is 0.